The number of rotatable bonds is 1. The smallest absolute Gasteiger partial charge is 0.410 e. The van der Waals surface area contributed by atoms with Crippen molar-refractivity contribution >= 4 is 6.09 Å². The third kappa shape index (κ3) is 3.35. The summed E-state index contributed by atoms with van der Waals surface area (Å²) in [5.41, 5.74) is 4.70. The molecule has 0 spiro atoms. The second kappa shape index (κ2) is 3.98. The molecule has 0 aromatic carbocycles. The Labute approximate surface area is 90.5 Å². The first-order chi connectivity index (χ1) is 6.76. The molecule has 0 saturated carbocycles. The number of nitrogens with zero attached hydrogens (tertiary/aromatic N) is 1. The number of carbonyl (C=O) groups is 1. The van der Waals surface area contributed by atoms with Crippen molar-refractivity contribution in [3.8, 4) is 0 Å². The van der Waals surface area contributed by atoms with E-state index in [9.17, 15) is 4.79 Å². The molecule has 2 N–H and O–H groups in total. The van der Waals surface area contributed by atoms with Crippen LogP contribution in [0.4, 0.5) is 4.79 Å². The molecule has 1 heterocycles. The summed E-state index contributed by atoms with van der Waals surface area (Å²) in [6.07, 6.45) is 0.315. The second-order valence-corrected chi connectivity index (χ2v) is 4.92. The van der Waals surface area contributed by atoms with Crippen LogP contribution in [0.1, 0.15) is 27.2 Å². The number of ether oxygens (including phenoxy) is 2. The van der Waals surface area contributed by atoms with Gasteiger partial charge in [-0.05, 0) is 20.8 Å². The number of hydrogen-bond acceptors (Lipinski definition) is 4. The van der Waals surface area contributed by atoms with Crippen LogP contribution in [-0.2, 0) is 9.47 Å². The molecule has 0 bridgehead atoms. The number of likely N-dealkylation sites (tertiary alicyclic amines) is 1. The molecule has 88 valence electrons. The van der Waals surface area contributed by atoms with E-state index in [4.69, 9.17) is 15.2 Å². The lowest BCUT2D eigenvalue weighted by Crippen LogP contribution is -2.46. The summed E-state index contributed by atoms with van der Waals surface area (Å²) in [4.78, 5) is 13.2. The van der Waals surface area contributed by atoms with E-state index in [1.807, 2.05) is 20.8 Å². The maximum absolute atomic E-state index is 11.7. The van der Waals surface area contributed by atoms with Gasteiger partial charge in [-0.1, -0.05) is 0 Å². The molecule has 0 aromatic heterocycles. The molecule has 5 nitrogen and oxygen atoms in total. The first kappa shape index (κ1) is 12.3. The maximum atomic E-state index is 11.7. The van der Waals surface area contributed by atoms with E-state index in [2.05, 4.69) is 0 Å². The van der Waals surface area contributed by atoms with Gasteiger partial charge in [0.05, 0.1) is 6.54 Å². The number of hydrogen-bond donors (Lipinski definition) is 1. The van der Waals surface area contributed by atoms with Gasteiger partial charge in [0.1, 0.15) is 11.3 Å². The Morgan fingerprint density at radius 3 is 2.47 bits per heavy atom. The van der Waals surface area contributed by atoms with Crippen LogP contribution >= 0.6 is 0 Å². The van der Waals surface area contributed by atoms with E-state index >= 15 is 0 Å². The molecule has 1 aliphatic rings. The highest BCUT2D eigenvalue weighted by atomic mass is 16.6. The first-order valence-corrected chi connectivity index (χ1v) is 5.08. The summed E-state index contributed by atoms with van der Waals surface area (Å²) in [5, 5.41) is 0. The van der Waals surface area contributed by atoms with E-state index in [0.717, 1.165) is 0 Å². The van der Waals surface area contributed by atoms with Gasteiger partial charge < -0.3 is 20.1 Å². The van der Waals surface area contributed by atoms with Crippen LogP contribution in [0.15, 0.2) is 0 Å². The average molecular weight is 216 g/mol. The summed E-state index contributed by atoms with van der Waals surface area (Å²) in [6.45, 7) is 6.49. The van der Waals surface area contributed by atoms with Gasteiger partial charge in [0.25, 0.3) is 0 Å². The van der Waals surface area contributed by atoms with Crippen molar-refractivity contribution in [1.82, 2.24) is 4.90 Å². The number of nitrogens with two attached hydrogens (primary N) is 1. The van der Waals surface area contributed by atoms with Crippen molar-refractivity contribution in [2.75, 3.05) is 20.2 Å². The Bertz CT molecular complexity index is 250. The zero-order chi connectivity index (χ0) is 11.7. The highest BCUT2D eigenvalue weighted by Gasteiger charge is 2.38. The Hall–Kier alpha value is -0.810. The average Bonchev–Trinajstić information content (AvgIpc) is 2.46. The predicted octanol–water partition coefficient (Wildman–Crippen LogP) is 0.929. The Balaban J connectivity index is 2.51. The molecule has 0 radical (unpaired) electrons. The Morgan fingerprint density at radius 2 is 2.07 bits per heavy atom. The molecule has 15 heavy (non-hydrogen) atoms. The predicted molar refractivity (Wildman–Crippen MR) is 56.4 cm³/mol. The zero-order valence-corrected chi connectivity index (χ0v) is 9.87. The normalized spacial score (nSPS) is 26.9. The molecular weight excluding hydrogens is 196 g/mol. The van der Waals surface area contributed by atoms with Gasteiger partial charge in [-0.25, -0.2) is 4.79 Å². The molecule has 0 aliphatic carbocycles. The van der Waals surface area contributed by atoms with Crippen LogP contribution in [0.5, 0.6) is 0 Å². The second-order valence-electron chi connectivity index (χ2n) is 4.92. The Morgan fingerprint density at radius 1 is 1.47 bits per heavy atom. The molecule has 1 unspecified atom stereocenters. The van der Waals surface area contributed by atoms with Crippen molar-refractivity contribution in [2.45, 2.75) is 38.5 Å². The van der Waals surface area contributed by atoms with Crippen LogP contribution in [0.25, 0.3) is 0 Å². The summed E-state index contributed by atoms with van der Waals surface area (Å²) >= 11 is 0. The van der Waals surface area contributed by atoms with Crippen LogP contribution in [0.3, 0.4) is 0 Å². The van der Waals surface area contributed by atoms with Gasteiger partial charge in [0.15, 0.2) is 0 Å². The van der Waals surface area contributed by atoms with Crippen molar-refractivity contribution in [3.63, 3.8) is 0 Å². The summed E-state index contributed by atoms with van der Waals surface area (Å²) in [7, 11) is 1.55. The molecule has 1 rings (SSSR count). The van der Waals surface area contributed by atoms with Gasteiger partial charge >= 0.3 is 6.09 Å². The minimum Gasteiger partial charge on any atom is -0.444 e. The highest BCUT2D eigenvalue weighted by molar-refractivity contribution is 5.68. The number of carbonyl (C=O) groups excluding carboxylic acids is 1. The third-order valence-electron chi connectivity index (χ3n) is 2.32. The molecule has 1 saturated heterocycles. The summed E-state index contributed by atoms with van der Waals surface area (Å²) in [5.74, 6) is 0. The van der Waals surface area contributed by atoms with E-state index in [0.29, 0.717) is 19.5 Å². The minimum atomic E-state index is -0.711. The van der Waals surface area contributed by atoms with Gasteiger partial charge in [0, 0.05) is 20.1 Å². The van der Waals surface area contributed by atoms with Crippen LogP contribution < -0.4 is 5.73 Å². The fraction of sp³-hybridized carbons (Fsp3) is 0.900. The van der Waals surface area contributed by atoms with E-state index < -0.39 is 11.3 Å². The molecular formula is C10H20N2O3. The third-order valence-corrected chi connectivity index (χ3v) is 2.32. The fourth-order valence-electron chi connectivity index (χ4n) is 1.45. The molecule has 1 atom stereocenters. The molecule has 0 aromatic rings. The van der Waals surface area contributed by atoms with Gasteiger partial charge in [-0.2, -0.15) is 0 Å². The fourth-order valence-corrected chi connectivity index (χ4v) is 1.45. The van der Waals surface area contributed by atoms with Crippen molar-refractivity contribution in [3.05, 3.63) is 0 Å². The lowest BCUT2D eigenvalue weighted by molar-refractivity contribution is -0.00550. The van der Waals surface area contributed by atoms with Crippen LogP contribution in [0, 0.1) is 0 Å². The standard InChI is InChI=1S/C10H20N2O3/c1-9(2,3)15-8(13)12-6-5-10(11,7-12)14-4/h5-7,11H2,1-4H3. The molecule has 1 fully saturated rings. The zero-order valence-electron chi connectivity index (χ0n) is 9.87. The van der Waals surface area contributed by atoms with Crippen molar-refractivity contribution < 1.29 is 14.3 Å². The monoisotopic (exact) mass is 216 g/mol. The SMILES string of the molecule is COC1(N)CCN(C(=O)OC(C)(C)C)C1. The minimum absolute atomic E-state index is 0.327. The van der Waals surface area contributed by atoms with Crippen LogP contribution in [0.2, 0.25) is 0 Å². The quantitative estimate of drug-likeness (QED) is 0.662. The maximum Gasteiger partial charge on any atom is 0.410 e. The first-order valence-electron chi connectivity index (χ1n) is 5.08. The molecule has 1 aliphatic heterocycles. The van der Waals surface area contributed by atoms with Crippen molar-refractivity contribution in [1.29, 1.82) is 0 Å². The summed E-state index contributed by atoms with van der Waals surface area (Å²) < 4.78 is 10.4. The van der Waals surface area contributed by atoms with Gasteiger partial charge in [0.2, 0.25) is 0 Å². The molecule has 1 amide bonds. The lowest BCUT2D eigenvalue weighted by atomic mass is 10.2. The number of methoxy groups -OCH3 is 1. The van der Waals surface area contributed by atoms with Gasteiger partial charge in [-0.3, -0.25) is 0 Å². The van der Waals surface area contributed by atoms with E-state index in [-0.39, 0.29) is 6.09 Å². The summed E-state index contributed by atoms with van der Waals surface area (Å²) in [6, 6.07) is 0. The topological polar surface area (TPSA) is 64.8 Å². The highest BCUT2D eigenvalue weighted by Crippen LogP contribution is 2.21. The Kier molecular flexibility index (Phi) is 3.25. The van der Waals surface area contributed by atoms with E-state index in [1.54, 1.807) is 12.0 Å². The van der Waals surface area contributed by atoms with E-state index in [1.165, 1.54) is 0 Å². The molecule has 5 heteroatoms. The van der Waals surface area contributed by atoms with Gasteiger partial charge in [-0.15, -0.1) is 0 Å². The van der Waals surface area contributed by atoms with Crippen molar-refractivity contribution in [2.24, 2.45) is 5.73 Å². The lowest BCUT2D eigenvalue weighted by Gasteiger charge is -2.26. The van der Waals surface area contributed by atoms with Crippen LogP contribution in [-0.4, -0.2) is 42.5 Å². The number of amides is 1. The largest absolute Gasteiger partial charge is 0.444 e.